The van der Waals surface area contributed by atoms with E-state index < -0.39 is 0 Å². The van der Waals surface area contributed by atoms with Crippen molar-refractivity contribution in [3.63, 3.8) is 0 Å². The van der Waals surface area contributed by atoms with Crippen LogP contribution in [0.3, 0.4) is 0 Å². The topological polar surface area (TPSA) is 25.2 Å². The van der Waals surface area contributed by atoms with E-state index >= 15 is 0 Å². The van der Waals surface area contributed by atoms with Crippen LogP contribution in [0, 0.1) is 0 Å². The molecule has 0 N–H and O–H groups in total. The summed E-state index contributed by atoms with van der Waals surface area (Å²) in [5.41, 5.74) is 2.64. The third-order valence-electron chi connectivity index (χ3n) is 4.56. The molecule has 0 aliphatic carbocycles. The van der Waals surface area contributed by atoms with Gasteiger partial charge in [0.05, 0.1) is 6.54 Å². The fourth-order valence-electron chi connectivity index (χ4n) is 3.09. The van der Waals surface area contributed by atoms with Crippen LogP contribution >= 0.6 is 11.6 Å². The molecule has 0 saturated heterocycles. The standard InChI is InChI=1S/C23H25ClN2O/c1-23(2,3)26(22(27)19-10-5-4-6-11-19)17-21-13-8-14-25(21)16-18-9-7-12-20(24)15-18/h4-15H,16-17H2,1-3H3. The molecule has 27 heavy (non-hydrogen) atoms. The summed E-state index contributed by atoms with van der Waals surface area (Å²) in [5.74, 6) is 0.0404. The van der Waals surface area contributed by atoms with Gasteiger partial charge in [0.15, 0.2) is 0 Å². The second-order valence-corrected chi connectivity index (χ2v) is 8.12. The fraction of sp³-hybridized carbons (Fsp3) is 0.261. The van der Waals surface area contributed by atoms with Gasteiger partial charge in [0.1, 0.15) is 0 Å². The second kappa shape index (κ2) is 8.01. The number of hydrogen-bond donors (Lipinski definition) is 0. The van der Waals surface area contributed by atoms with Gasteiger partial charge in [-0.15, -0.1) is 0 Å². The van der Waals surface area contributed by atoms with Crippen LogP contribution in [0.2, 0.25) is 5.02 Å². The molecular formula is C23H25ClN2O. The summed E-state index contributed by atoms with van der Waals surface area (Å²) >= 11 is 6.12. The molecule has 0 aliphatic heterocycles. The number of hydrogen-bond acceptors (Lipinski definition) is 1. The highest BCUT2D eigenvalue weighted by Gasteiger charge is 2.28. The molecule has 0 radical (unpaired) electrons. The summed E-state index contributed by atoms with van der Waals surface area (Å²) in [4.78, 5) is 15.1. The number of amides is 1. The lowest BCUT2D eigenvalue weighted by Crippen LogP contribution is -2.45. The Labute approximate surface area is 166 Å². The van der Waals surface area contributed by atoms with Crippen molar-refractivity contribution < 1.29 is 4.79 Å². The Bertz CT molecular complexity index is 909. The van der Waals surface area contributed by atoms with Gasteiger partial charge in [-0.05, 0) is 62.7 Å². The van der Waals surface area contributed by atoms with Crippen molar-refractivity contribution in [3.8, 4) is 0 Å². The van der Waals surface area contributed by atoms with Crippen molar-refractivity contribution in [3.05, 3.63) is 94.8 Å². The molecule has 0 fully saturated rings. The number of benzene rings is 2. The largest absolute Gasteiger partial charge is 0.345 e. The van der Waals surface area contributed by atoms with Crippen LogP contribution in [0.4, 0.5) is 0 Å². The van der Waals surface area contributed by atoms with E-state index in [0.717, 1.165) is 22.8 Å². The molecule has 0 saturated carbocycles. The predicted molar refractivity (Wildman–Crippen MR) is 111 cm³/mol. The number of nitrogens with zero attached hydrogens (tertiary/aromatic N) is 2. The molecule has 0 aliphatic rings. The first-order valence-corrected chi connectivity index (χ1v) is 9.48. The minimum Gasteiger partial charge on any atom is -0.345 e. The molecule has 0 spiro atoms. The van der Waals surface area contributed by atoms with Crippen molar-refractivity contribution in [2.75, 3.05) is 0 Å². The number of carbonyl (C=O) groups is 1. The van der Waals surface area contributed by atoms with E-state index in [2.05, 4.69) is 37.5 Å². The molecule has 1 amide bonds. The zero-order valence-corrected chi connectivity index (χ0v) is 16.8. The van der Waals surface area contributed by atoms with Gasteiger partial charge in [-0.25, -0.2) is 0 Å². The molecule has 2 aromatic carbocycles. The van der Waals surface area contributed by atoms with Crippen LogP contribution in [-0.4, -0.2) is 20.9 Å². The normalized spacial score (nSPS) is 11.4. The monoisotopic (exact) mass is 380 g/mol. The lowest BCUT2D eigenvalue weighted by Gasteiger charge is -2.36. The van der Waals surface area contributed by atoms with Crippen LogP contribution in [0.5, 0.6) is 0 Å². The van der Waals surface area contributed by atoms with Crippen molar-refractivity contribution in [1.82, 2.24) is 9.47 Å². The summed E-state index contributed by atoms with van der Waals surface area (Å²) in [6.07, 6.45) is 2.05. The highest BCUT2D eigenvalue weighted by molar-refractivity contribution is 6.30. The number of carbonyl (C=O) groups excluding carboxylic acids is 1. The Balaban J connectivity index is 1.85. The van der Waals surface area contributed by atoms with E-state index in [1.807, 2.05) is 65.7 Å². The molecule has 3 aromatic rings. The second-order valence-electron chi connectivity index (χ2n) is 7.69. The van der Waals surface area contributed by atoms with Crippen LogP contribution in [0.25, 0.3) is 0 Å². The van der Waals surface area contributed by atoms with E-state index in [9.17, 15) is 4.79 Å². The Kier molecular flexibility index (Phi) is 5.71. The van der Waals surface area contributed by atoms with E-state index in [-0.39, 0.29) is 11.4 Å². The Morgan fingerprint density at radius 1 is 1.00 bits per heavy atom. The molecule has 0 bridgehead atoms. The lowest BCUT2D eigenvalue weighted by molar-refractivity contribution is 0.0552. The van der Waals surface area contributed by atoms with Crippen molar-refractivity contribution in [1.29, 1.82) is 0 Å². The molecule has 1 heterocycles. The quantitative estimate of drug-likeness (QED) is 0.563. The van der Waals surface area contributed by atoms with Crippen molar-refractivity contribution in [2.45, 2.75) is 39.4 Å². The van der Waals surface area contributed by atoms with Gasteiger partial charge in [0.25, 0.3) is 5.91 Å². The van der Waals surface area contributed by atoms with Crippen molar-refractivity contribution in [2.24, 2.45) is 0 Å². The molecule has 4 heteroatoms. The highest BCUT2D eigenvalue weighted by atomic mass is 35.5. The smallest absolute Gasteiger partial charge is 0.254 e. The molecule has 3 rings (SSSR count). The van der Waals surface area contributed by atoms with Crippen LogP contribution in [-0.2, 0) is 13.1 Å². The summed E-state index contributed by atoms with van der Waals surface area (Å²) < 4.78 is 2.17. The average molecular weight is 381 g/mol. The van der Waals surface area contributed by atoms with Crippen LogP contribution in [0.1, 0.15) is 42.4 Å². The maximum absolute atomic E-state index is 13.1. The zero-order valence-electron chi connectivity index (χ0n) is 16.0. The van der Waals surface area contributed by atoms with Gasteiger partial charge in [0, 0.05) is 34.6 Å². The summed E-state index contributed by atoms with van der Waals surface area (Å²) in [6.45, 7) is 7.47. The van der Waals surface area contributed by atoms with E-state index in [4.69, 9.17) is 11.6 Å². The van der Waals surface area contributed by atoms with Gasteiger partial charge >= 0.3 is 0 Å². The highest BCUT2D eigenvalue weighted by Crippen LogP contribution is 2.22. The van der Waals surface area contributed by atoms with Gasteiger partial charge < -0.3 is 9.47 Å². The number of aromatic nitrogens is 1. The molecule has 1 aromatic heterocycles. The fourth-order valence-corrected chi connectivity index (χ4v) is 3.30. The summed E-state index contributed by atoms with van der Waals surface area (Å²) in [7, 11) is 0. The van der Waals surface area contributed by atoms with Crippen LogP contribution < -0.4 is 0 Å². The van der Waals surface area contributed by atoms with E-state index in [0.29, 0.717) is 12.1 Å². The van der Waals surface area contributed by atoms with E-state index in [1.54, 1.807) is 0 Å². The third-order valence-corrected chi connectivity index (χ3v) is 4.80. The predicted octanol–water partition coefficient (Wildman–Crippen LogP) is 5.63. The molecule has 0 unspecified atom stereocenters. The first-order valence-electron chi connectivity index (χ1n) is 9.10. The number of halogens is 1. The Hall–Kier alpha value is -2.52. The Morgan fingerprint density at radius 3 is 2.41 bits per heavy atom. The van der Waals surface area contributed by atoms with Gasteiger partial charge in [-0.2, -0.15) is 0 Å². The van der Waals surface area contributed by atoms with Gasteiger partial charge in [0.2, 0.25) is 0 Å². The van der Waals surface area contributed by atoms with E-state index in [1.165, 1.54) is 0 Å². The SMILES string of the molecule is CC(C)(C)N(Cc1cccn1Cc1cccc(Cl)c1)C(=O)c1ccccc1. The molecule has 140 valence electrons. The maximum Gasteiger partial charge on any atom is 0.254 e. The average Bonchev–Trinajstić information content (AvgIpc) is 3.06. The number of rotatable bonds is 5. The third kappa shape index (κ3) is 4.81. The Morgan fingerprint density at radius 2 is 1.74 bits per heavy atom. The first kappa shape index (κ1) is 19.2. The minimum atomic E-state index is -0.294. The first-order chi connectivity index (χ1) is 12.8. The lowest BCUT2D eigenvalue weighted by atomic mass is 10.0. The molecular weight excluding hydrogens is 356 g/mol. The summed E-state index contributed by atoms with van der Waals surface area (Å²) in [5, 5.41) is 0.733. The van der Waals surface area contributed by atoms with Gasteiger partial charge in [-0.1, -0.05) is 41.9 Å². The molecule has 0 atom stereocenters. The van der Waals surface area contributed by atoms with Crippen LogP contribution in [0.15, 0.2) is 72.9 Å². The minimum absolute atomic E-state index is 0.0404. The van der Waals surface area contributed by atoms with Crippen molar-refractivity contribution >= 4 is 17.5 Å². The molecule has 3 nitrogen and oxygen atoms in total. The van der Waals surface area contributed by atoms with Gasteiger partial charge in [-0.3, -0.25) is 4.79 Å². The maximum atomic E-state index is 13.1. The zero-order chi connectivity index (χ0) is 19.4. The summed E-state index contributed by atoms with van der Waals surface area (Å²) in [6, 6.07) is 21.4.